The van der Waals surface area contributed by atoms with Gasteiger partial charge >= 0.3 is 0 Å². The molecule has 0 fully saturated rings. The lowest BCUT2D eigenvalue weighted by Crippen LogP contribution is -2.07. The molecular formula is C14H20. The van der Waals surface area contributed by atoms with Gasteiger partial charge in [-0.05, 0) is 60.8 Å². The Bertz CT molecular complexity index is 334. The van der Waals surface area contributed by atoms with Crippen LogP contribution in [0, 0.1) is 6.92 Å². The summed E-state index contributed by atoms with van der Waals surface area (Å²) < 4.78 is 0. The summed E-state index contributed by atoms with van der Waals surface area (Å²) in [7, 11) is 0. The molecule has 1 aliphatic carbocycles. The second-order valence-corrected chi connectivity index (χ2v) is 4.78. The Morgan fingerprint density at radius 2 is 1.79 bits per heavy atom. The maximum absolute atomic E-state index is 2.36. The van der Waals surface area contributed by atoms with Gasteiger partial charge in [0.1, 0.15) is 0 Å². The van der Waals surface area contributed by atoms with Gasteiger partial charge in [-0.25, -0.2) is 0 Å². The normalized spacial score (nSPS) is 15.7. The highest BCUT2D eigenvalue weighted by molar-refractivity contribution is 5.42. The van der Waals surface area contributed by atoms with Gasteiger partial charge in [-0.2, -0.15) is 0 Å². The summed E-state index contributed by atoms with van der Waals surface area (Å²) in [5.74, 6) is 0.669. The Balaban J connectivity index is 2.49. The Morgan fingerprint density at radius 1 is 1.07 bits per heavy atom. The fourth-order valence-corrected chi connectivity index (χ4v) is 2.66. The van der Waals surface area contributed by atoms with Crippen LogP contribution in [0.4, 0.5) is 0 Å². The van der Waals surface area contributed by atoms with Gasteiger partial charge in [0.2, 0.25) is 0 Å². The molecule has 1 aromatic carbocycles. The lowest BCUT2D eigenvalue weighted by atomic mass is 9.84. The average molecular weight is 188 g/mol. The smallest absolute Gasteiger partial charge is 0.0216 e. The van der Waals surface area contributed by atoms with E-state index in [1.54, 1.807) is 22.3 Å². The zero-order valence-electron chi connectivity index (χ0n) is 9.56. The number of hydrogen-bond acceptors (Lipinski definition) is 0. The first-order valence-electron chi connectivity index (χ1n) is 5.81. The van der Waals surface area contributed by atoms with Gasteiger partial charge in [0, 0.05) is 0 Å². The van der Waals surface area contributed by atoms with Crippen LogP contribution < -0.4 is 0 Å². The van der Waals surface area contributed by atoms with E-state index in [4.69, 9.17) is 0 Å². The van der Waals surface area contributed by atoms with E-state index in [1.807, 2.05) is 0 Å². The molecule has 0 bridgehead atoms. The topological polar surface area (TPSA) is 0 Å². The Labute approximate surface area is 87.3 Å². The molecule has 0 nitrogen and oxygen atoms in total. The van der Waals surface area contributed by atoms with Crippen LogP contribution in [0.5, 0.6) is 0 Å². The molecule has 1 aromatic rings. The van der Waals surface area contributed by atoms with E-state index in [0.29, 0.717) is 5.92 Å². The third-order valence-electron chi connectivity index (χ3n) is 3.48. The van der Waals surface area contributed by atoms with Gasteiger partial charge in [-0.1, -0.05) is 26.0 Å². The molecule has 0 atom stereocenters. The van der Waals surface area contributed by atoms with E-state index in [1.165, 1.54) is 25.7 Å². The first kappa shape index (κ1) is 9.76. The van der Waals surface area contributed by atoms with Crippen LogP contribution in [0.2, 0.25) is 0 Å². The van der Waals surface area contributed by atoms with Gasteiger partial charge in [0.15, 0.2) is 0 Å². The molecule has 0 radical (unpaired) electrons. The van der Waals surface area contributed by atoms with E-state index in [-0.39, 0.29) is 0 Å². The second kappa shape index (κ2) is 3.76. The lowest BCUT2D eigenvalue weighted by Gasteiger charge is -2.21. The number of hydrogen-bond donors (Lipinski definition) is 0. The molecule has 76 valence electrons. The third-order valence-corrected chi connectivity index (χ3v) is 3.48. The SMILES string of the molecule is Cc1c(C(C)C)ccc2c1CCCC2. The van der Waals surface area contributed by atoms with Crippen molar-refractivity contribution >= 4 is 0 Å². The minimum absolute atomic E-state index is 0.669. The lowest BCUT2D eigenvalue weighted by molar-refractivity contribution is 0.677. The molecule has 0 N–H and O–H groups in total. The Morgan fingerprint density at radius 3 is 2.50 bits per heavy atom. The van der Waals surface area contributed by atoms with Crippen molar-refractivity contribution in [3.63, 3.8) is 0 Å². The molecule has 0 saturated heterocycles. The van der Waals surface area contributed by atoms with Crippen LogP contribution in [0.25, 0.3) is 0 Å². The molecule has 14 heavy (non-hydrogen) atoms. The molecule has 2 rings (SSSR count). The van der Waals surface area contributed by atoms with Crippen LogP contribution in [0.3, 0.4) is 0 Å². The van der Waals surface area contributed by atoms with Crippen molar-refractivity contribution in [1.82, 2.24) is 0 Å². The summed E-state index contributed by atoms with van der Waals surface area (Å²) >= 11 is 0. The standard InChI is InChI=1S/C14H20/c1-10(2)13-9-8-12-6-4-5-7-14(12)11(13)3/h8-10H,4-7H2,1-3H3. The zero-order chi connectivity index (χ0) is 10.1. The van der Waals surface area contributed by atoms with E-state index >= 15 is 0 Å². The molecule has 0 aliphatic heterocycles. The molecule has 0 aromatic heterocycles. The molecular weight excluding hydrogens is 168 g/mol. The summed E-state index contributed by atoms with van der Waals surface area (Å²) in [4.78, 5) is 0. The molecule has 0 unspecified atom stereocenters. The van der Waals surface area contributed by atoms with Crippen molar-refractivity contribution in [2.75, 3.05) is 0 Å². The number of rotatable bonds is 1. The van der Waals surface area contributed by atoms with Crippen LogP contribution in [-0.2, 0) is 12.8 Å². The molecule has 0 amide bonds. The summed E-state index contributed by atoms with van der Waals surface area (Å²) in [6.07, 6.45) is 5.37. The fraction of sp³-hybridized carbons (Fsp3) is 0.571. The Hall–Kier alpha value is -0.780. The maximum Gasteiger partial charge on any atom is -0.0216 e. The number of benzene rings is 1. The molecule has 1 aliphatic rings. The predicted octanol–water partition coefficient (Wildman–Crippen LogP) is 4.00. The summed E-state index contributed by atoms with van der Waals surface area (Å²) in [5.41, 5.74) is 6.38. The van der Waals surface area contributed by atoms with Crippen LogP contribution in [0.15, 0.2) is 12.1 Å². The van der Waals surface area contributed by atoms with E-state index in [9.17, 15) is 0 Å². The van der Waals surface area contributed by atoms with Gasteiger partial charge in [-0.15, -0.1) is 0 Å². The van der Waals surface area contributed by atoms with Gasteiger partial charge in [-0.3, -0.25) is 0 Å². The van der Waals surface area contributed by atoms with Crippen molar-refractivity contribution in [2.24, 2.45) is 0 Å². The minimum Gasteiger partial charge on any atom is -0.0587 e. The molecule has 0 heteroatoms. The highest BCUT2D eigenvalue weighted by Crippen LogP contribution is 2.29. The first-order chi connectivity index (χ1) is 6.70. The predicted molar refractivity (Wildman–Crippen MR) is 61.9 cm³/mol. The molecule has 0 heterocycles. The Kier molecular flexibility index (Phi) is 2.62. The van der Waals surface area contributed by atoms with Crippen molar-refractivity contribution in [3.8, 4) is 0 Å². The van der Waals surface area contributed by atoms with E-state index in [2.05, 4.69) is 32.9 Å². The summed E-state index contributed by atoms with van der Waals surface area (Å²) in [6, 6.07) is 4.70. The number of aryl methyl sites for hydroxylation is 1. The van der Waals surface area contributed by atoms with Crippen molar-refractivity contribution in [3.05, 3.63) is 34.4 Å². The maximum atomic E-state index is 2.36. The van der Waals surface area contributed by atoms with Crippen LogP contribution >= 0.6 is 0 Å². The summed E-state index contributed by atoms with van der Waals surface area (Å²) in [5, 5.41) is 0. The van der Waals surface area contributed by atoms with Crippen molar-refractivity contribution < 1.29 is 0 Å². The minimum atomic E-state index is 0.669. The van der Waals surface area contributed by atoms with E-state index in [0.717, 1.165) is 0 Å². The zero-order valence-corrected chi connectivity index (χ0v) is 9.56. The number of fused-ring (bicyclic) bond motifs is 1. The third kappa shape index (κ3) is 1.58. The molecule has 0 spiro atoms. The second-order valence-electron chi connectivity index (χ2n) is 4.78. The monoisotopic (exact) mass is 188 g/mol. The summed E-state index contributed by atoms with van der Waals surface area (Å²) in [6.45, 7) is 6.88. The first-order valence-corrected chi connectivity index (χ1v) is 5.81. The largest absolute Gasteiger partial charge is 0.0587 e. The van der Waals surface area contributed by atoms with Gasteiger partial charge in [0.25, 0.3) is 0 Å². The van der Waals surface area contributed by atoms with Crippen LogP contribution in [-0.4, -0.2) is 0 Å². The van der Waals surface area contributed by atoms with E-state index < -0.39 is 0 Å². The van der Waals surface area contributed by atoms with Gasteiger partial charge < -0.3 is 0 Å². The average Bonchev–Trinajstić information content (AvgIpc) is 2.18. The van der Waals surface area contributed by atoms with Crippen molar-refractivity contribution in [2.45, 2.75) is 52.4 Å². The quantitative estimate of drug-likeness (QED) is 0.625. The highest BCUT2D eigenvalue weighted by Gasteiger charge is 2.14. The van der Waals surface area contributed by atoms with Crippen molar-refractivity contribution in [1.29, 1.82) is 0 Å². The highest BCUT2D eigenvalue weighted by atomic mass is 14.2. The van der Waals surface area contributed by atoms with Gasteiger partial charge in [0.05, 0.1) is 0 Å². The van der Waals surface area contributed by atoms with Crippen LogP contribution in [0.1, 0.15) is 54.9 Å². The fourth-order valence-electron chi connectivity index (χ4n) is 2.66. The molecule has 0 saturated carbocycles.